The van der Waals surface area contributed by atoms with E-state index in [4.69, 9.17) is 5.73 Å². The molecule has 1 aliphatic rings. The maximum absolute atomic E-state index is 6.05. The van der Waals surface area contributed by atoms with Gasteiger partial charge in [-0.15, -0.1) is 0 Å². The molecule has 0 radical (unpaired) electrons. The van der Waals surface area contributed by atoms with Gasteiger partial charge in [-0.05, 0) is 32.1 Å². The van der Waals surface area contributed by atoms with Crippen LogP contribution >= 0.6 is 0 Å². The summed E-state index contributed by atoms with van der Waals surface area (Å²) in [5.74, 6) is 1.43. The van der Waals surface area contributed by atoms with Crippen molar-refractivity contribution in [2.75, 3.05) is 7.05 Å². The van der Waals surface area contributed by atoms with Gasteiger partial charge in [-0.1, -0.05) is 26.7 Å². The van der Waals surface area contributed by atoms with Crippen molar-refractivity contribution in [2.45, 2.75) is 65.0 Å². The fourth-order valence-electron chi connectivity index (χ4n) is 2.38. The van der Waals surface area contributed by atoms with E-state index in [1.54, 1.807) is 0 Å². The minimum absolute atomic E-state index is 0.477. The first-order valence-corrected chi connectivity index (χ1v) is 6.56. The van der Waals surface area contributed by atoms with Crippen molar-refractivity contribution in [3.63, 3.8) is 0 Å². The van der Waals surface area contributed by atoms with E-state index in [0.29, 0.717) is 18.0 Å². The molecular weight excluding hydrogens is 198 g/mol. The second kappa shape index (κ2) is 6.12. The standard InChI is InChI=1S/C13H27N3/c1-10(2)9-11(3)16(4)13(14)15-12-7-5-6-8-12/h10-12H,5-9H2,1-4H3,(H2,14,15). The summed E-state index contributed by atoms with van der Waals surface area (Å²) in [6, 6.07) is 0.957. The molecule has 2 N–H and O–H groups in total. The highest BCUT2D eigenvalue weighted by Gasteiger charge is 2.17. The second-order valence-electron chi connectivity index (χ2n) is 5.52. The number of hydrogen-bond donors (Lipinski definition) is 1. The average molecular weight is 225 g/mol. The van der Waals surface area contributed by atoms with Gasteiger partial charge in [0, 0.05) is 13.1 Å². The molecule has 1 rings (SSSR count). The van der Waals surface area contributed by atoms with Crippen LogP contribution in [0.2, 0.25) is 0 Å². The molecule has 0 aromatic carbocycles. The van der Waals surface area contributed by atoms with Gasteiger partial charge >= 0.3 is 0 Å². The summed E-state index contributed by atoms with van der Waals surface area (Å²) < 4.78 is 0. The highest BCUT2D eigenvalue weighted by atomic mass is 15.3. The maximum Gasteiger partial charge on any atom is 0.191 e. The van der Waals surface area contributed by atoms with Crippen LogP contribution in [0, 0.1) is 5.92 Å². The summed E-state index contributed by atoms with van der Waals surface area (Å²) >= 11 is 0. The third-order valence-electron chi connectivity index (χ3n) is 3.47. The molecule has 0 spiro atoms. The molecule has 0 aliphatic heterocycles. The molecular formula is C13H27N3. The van der Waals surface area contributed by atoms with Gasteiger partial charge in [0.2, 0.25) is 0 Å². The zero-order chi connectivity index (χ0) is 12.1. The molecule has 0 amide bonds. The van der Waals surface area contributed by atoms with Crippen molar-refractivity contribution < 1.29 is 0 Å². The molecule has 1 saturated carbocycles. The summed E-state index contributed by atoms with van der Waals surface area (Å²) in [5.41, 5.74) is 6.05. The van der Waals surface area contributed by atoms with Gasteiger partial charge in [0.1, 0.15) is 0 Å². The highest BCUT2D eigenvalue weighted by molar-refractivity contribution is 5.78. The Balaban J connectivity index is 2.47. The van der Waals surface area contributed by atoms with Crippen LogP contribution < -0.4 is 5.73 Å². The van der Waals surface area contributed by atoms with Crippen molar-refractivity contribution in [1.29, 1.82) is 0 Å². The molecule has 1 fully saturated rings. The Morgan fingerprint density at radius 3 is 2.38 bits per heavy atom. The van der Waals surface area contributed by atoms with E-state index in [1.807, 2.05) is 0 Å². The van der Waals surface area contributed by atoms with Gasteiger partial charge in [-0.3, -0.25) is 0 Å². The van der Waals surface area contributed by atoms with E-state index in [9.17, 15) is 0 Å². The normalized spacial score (nSPS) is 20.4. The average Bonchev–Trinajstić information content (AvgIpc) is 2.68. The molecule has 16 heavy (non-hydrogen) atoms. The van der Waals surface area contributed by atoms with Gasteiger partial charge in [0.15, 0.2) is 5.96 Å². The first-order valence-electron chi connectivity index (χ1n) is 6.56. The van der Waals surface area contributed by atoms with Crippen LogP contribution in [0.5, 0.6) is 0 Å². The molecule has 94 valence electrons. The van der Waals surface area contributed by atoms with Gasteiger partial charge in [0.25, 0.3) is 0 Å². The van der Waals surface area contributed by atoms with Gasteiger partial charge in [-0.2, -0.15) is 0 Å². The SMILES string of the molecule is CC(C)CC(C)N(C)C(N)=NC1CCCC1. The minimum atomic E-state index is 0.477. The largest absolute Gasteiger partial charge is 0.370 e. The van der Waals surface area contributed by atoms with E-state index < -0.39 is 0 Å². The van der Waals surface area contributed by atoms with E-state index >= 15 is 0 Å². The molecule has 0 aromatic heterocycles. The number of nitrogens with zero attached hydrogens (tertiary/aromatic N) is 2. The number of guanidine groups is 1. The zero-order valence-electron chi connectivity index (χ0n) is 11.2. The minimum Gasteiger partial charge on any atom is -0.370 e. The molecule has 3 nitrogen and oxygen atoms in total. The predicted octanol–water partition coefficient (Wildman–Crippen LogP) is 2.61. The molecule has 0 heterocycles. The summed E-state index contributed by atoms with van der Waals surface area (Å²) in [7, 11) is 2.06. The van der Waals surface area contributed by atoms with Gasteiger partial charge in [0.05, 0.1) is 6.04 Å². The lowest BCUT2D eigenvalue weighted by Gasteiger charge is -2.27. The van der Waals surface area contributed by atoms with Crippen LogP contribution in [0.25, 0.3) is 0 Å². The van der Waals surface area contributed by atoms with Crippen LogP contribution in [0.3, 0.4) is 0 Å². The maximum atomic E-state index is 6.05. The van der Waals surface area contributed by atoms with Crippen LogP contribution in [0.1, 0.15) is 52.9 Å². The Kier molecular flexibility index (Phi) is 5.10. The fourth-order valence-corrected chi connectivity index (χ4v) is 2.38. The zero-order valence-corrected chi connectivity index (χ0v) is 11.2. The lowest BCUT2D eigenvalue weighted by Crippen LogP contribution is -2.41. The van der Waals surface area contributed by atoms with Crippen molar-refractivity contribution >= 4 is 5.96 Å². The van der Waals surface area contributed by atoms with Crippen LogP contribution in [-0.2, 0) is 0 Å². The number of hydrogen-bond acceptors (Lipinski definition) is 1. The Bertz CT molecular complexity index is 229. The first-order chi connectivity index (χ1) is 7.50. The Morgan fingerprint density at radius 1 is 1.31 bits per heavy atom. The third kappa shape index (κ3) is 4.03. The quantitative estimate of drug-likeness (QED) is 0.590. The number of nitrogens with two attached hydrogens (primary N) is 1. The van der Waals surface area contributed by atoms with Crippen molar-refractivity contribution in [1.82, 2.24) is 4.90 Å². The van der Waals surface area contributed by atoms with E-state index in [2.05, 4.69) is 37.7 Å². The van der Waals surface area contributed by atoms with E-state index in [1.165, 1.54) is 25.7 Å². The Labute approximate surface area is 100 Å². The van der Waals surface area contributed by atoms with E-state index in [0.717, 1.165) is 12.4 Å². The topological polar surface area (TPSA) is 41.6 Å². The number of rotatable bonds is 4. The lowest BCUT2D eigenvalue weighted by atomic mass is 10.0. The Hall–Kier alpha value is -0.730. The second-order valence-corrected chi connectivity index (χ2v) is 5.52. The third-order valence-corrected chi connectivity index (χ3v) is 3.47. The van der Waals surface area contributed by atoms with Crippen molar-refractivity contribution in [2.24, 2.45) is 16.6 Å². The van der Waals surface area contributed by atoms with Crippen LogP contribution in [-0.4, -0.2) is 30.0 Å². The van der Waals surface area contributed by atoms with E-state index in [-0.39, 0.29) is 0 Å². The highest BCUT2D eigenvalue weighted by Crippen LogP contribution is 2.21. The fraction of sp³-hybridized carbons (Fsp3) is 0.923. The van der Waals surface area contributed by atoms with Crippen LogP contribution in [0.4, 0.5) is 0 Å². The summed E-state index contributed by atoms with van der Waals surface area (Å²) in [6.45, 7) is 6.71. The summed E-state index contributed by atoms with van der Waals surface area (Å²) in [6.07, 6.45) is 6.22. The predicted molar refractivity (Wildman–Crippen MR) is 70.6 cm³/mol. The van der Waals surface area contributed by atoms with Crippen molar-refractivity contribution in [3.8, 4) is 0 Å². The monoisotopic (exact) mass is 225 g/mol. The van der Waals surface area contributed by atoms with Crippen molar-refractivity contribution in [3.05, 3.63) is 0 Å². The first kappa shape index (κ1) is 13.3. The summed E-state index contributed by atoms with van der Waals surface area (Å²) in [4.78, 5) is 6.75. The molecule has 0 bridgehead atoms. The molecule has 0 aromatic rings. The molecule has 1 unspecified atom stereocenters. The molecule has 1 atom stereocenters. The lowest BCUT2D eigenvalue weighted by molar-refractivity contribution is 0.328. The van der Waals surface area contributed by atoms with Crippen LogP contribution in [0.15, 0.2) is 4.99 Å². The molecule has 3 heteroatoms. The van der Waals surface area contributed by atoms with Gasteiger partial charge < -0.3 is 10.6 Å². The van der Waals surface area contributed by atoms with Gasteiger partial charge in [-0.25, -0.2) is 4.99 Å². The molecule has 1 aliphatic carbocycles. The Morgan fingerprint density at radius 2 is 1.88 bits per heavy atom. The smallest absolute Gasteiger partial charge is 0.191 e. The summed E-state index contributed by atoms with van der Waals surface area (Å²) in [5, 5.41) is 0. The molecule has 0 saturated heterocycles. The number of aliphatic imine (C=N–C) groups is 1.